The molecule has 1 saturated heterocycles. The Morgan fingerprint density at radius 1 is 1.12 bits per heavy atom. The summed E-state index contributed by atoms with van der Waals surface area (Å²) in [7, 11) is 0. The number of pyridine rings is 1. The van der Waals surface area contributed by atoms with E-state index in [4.69, 9.17) is 4.74 Å². The zero-order chi connectivity index (χ0) is 17.5. The summed E-state index contributed by atoms with van der Waals surface area (Å²) in [5.74, 6) is 0.806. The first-order chi connectivity index (χ1) is 12.8. The molecular weight excluding hydrogens is 392 g/mol. The van der Waals surface area contributed by atoms with Crippen molar-refractivity contribution in [2.75, 3.05) is 6.61 Å². The minimum Gasteiger partial charge on any atom is -0.357 e. The Labute approximate surface area is 161 Å². The Morgan fingerprint density at radius 2 is 2.04 bits per heavy atom. The van der Waals surface area contributed by atoms with Gasteiger partial charge in [0, 0.05) is 42.1 Å². The second kappa shape index (κ2) is 6.82. The van der Waals surface area contributed by atoms with Crippen LogP contribution in [0.2, 0.25) is 0 Å². The predicted molar refractivity (Wildman–Crippen MR) is 105 cm³/mol. The van der Waals surface area contributed by atoms with Gasteiger partial charge in [0.2, 0.25) is 0 Å². The van der Waals surface area contributed by atoms with E-state index in [-0.39, 0.29) is 6.23 Å². The predicted octanol–water partition coefficient (Wildman–Crippen LogP) is 5.16. The zero-order valence-corrected chi connectivity index (χ0v) is 16.4. The Kier molecular flexibility index (Phi) is 4.33. The molecule has 2 aliphatic rings. The fraction of sp³-hybridized carbons (Fsp3) is 0.500. The Morgan fingerprint density at radius 3 is 2.81 bits per heavy atom. The highest BCUT2D eigenvalue weighted by Crippen LogP contribution is 2.35. The van der Waals surface area contributed by atoms with E-state index in [2.05, 4.69) is 49.0 Å². The van der Waals surface area contributed by atoms with Crippen LogP contribution in [0.3, 0.4) is 0 Å². The van der Waals surface area contributed by atoms with Crippen LogP contribution >= 0.6 is 15.9 Å². The smallest absolute Gasteiger partial charge is 0.150 e. The lowest BCUT2D eigenvalue weighted by atomic mass is 9.85. The number of hydrogen-bond acceptors (Lipinski definition) is 3. The number of hydrogen-bond donors (Lipinski definition) is 0. The van der Waals surface area contributed by atoms with Gasteiger partial charge in [0.25, 0.3) is 0 Å². The van der Waals surface area contributed by atoms with Crippen LogP contribution in [0.1, 0.15) is 44.8 Å². The summed E-state index contributed by atoms with van der Waals surface area (Å²) in [6.45, 7) is 1.92. The van der Waals surface area contributed by atoms with Crippen molar-refractivity contribution in [1.29, 1.82) is 0 Å². The highest BCUT2D eigenvalue weighted by atomic mass is 79.9. The molecule has 1 aliphatic heterocycles. The van der Waals surface area contributed by atoms with Crippen LogP contribution in [0.4, 0.5) is 0 Å². The number of halogens is 1. The Balaban J connectivity index is 1.53. The van der Waals surface area contributed by atoms with Gasteiger partial charge in [0.15, 0.2) is 0 Å². The van der Waals surface area contributed by atoms with Gasteiger partial charge < -0.3 is 9.30 Å². The van der Waals surface area contributed by atoms with Gasteiger partial charge in [-0.05, 0) is 60.0 Å². The van der Waals surface area contributed by atoms with E-state index >= 15 is 0 Å². The average Bonchev–Trinajstić information content (AvgIpc) is 3.23. The van der Waals surface area contributed by atoms with Gasteiger partial charge in [-0.1, -0.05) is 6.42 Å². The fourth-order valence-electron chi connectivity index (χ4n) is 4.06. The average molecular weight is 415 g/mol. The van der Waals surface area contributed by atoms with Crippen molar-refractivity contribution in [2.45, 2.75) is 51.3 Å². The highest BCUT2D eigenvalue weighted by Gasteiger charge is 2.21. The van der Waals surface area contributed by atoms with Crippen molar-refractivity contribution >= 4 is 26.8 Å². The van der Waals surface area contributed by atoms with Gasteiger partial charge in [-0.2, -0.15) is 5.10 Å². The Hall–Kier alpha value is -1.66. The summed E-state index contributed by atoms with van der Waals surface area (Å²) < 4.78 is 11.1. The lowest BCUT2D eigenvalue weighted by Gasteiger charge is -2.26. The minimum atomic E-state index is 0.0780. The van der Waals surface area contributed by atoms with E-state index in [0.717, 1.165) is 42.1 Å². The van der Waals surface area contributed by atoms with Gasteiger partial charge >= 0.3 is 0 Å². The molecular formula is C20H23BrN4O. The third kappa shape index (κ3) is 2.99. The van der Waals surface area contributed by atoms with Crippen molar-refractivity contribution in [3.63, 3.8) is 0 Å². The van der Waals surface area contributed by atoms with E-state index in [1.807, 2.05) is 17.1 Å². The van der Waals surface area contributed by atoms with Crippen LogP contribution in [0.15, 0.2) is 35.5 Å². The zero-order valence-electron chi connectivity index (χ0n) is 14.8. The molecule has 0 spiro atoms. The first-order valence-electron chi connectivity index (χ1n) is 9.58. The lowest BCUT2D eigenvalue weighted by molar-refractivity contribution is -0.0394. The number of rotatable bonds is 4. The molecule has 3 aromatic heterocycles. The quantitative estimate of drug-likeness (QED) is 0.553. The van der Waals surface area contributed by atoms with Crippen LogP contribution in [0.25, 0.3) is 22.0 Å². The Bertz CT molecular complexity index is 921. The van der Waals surface area contributed by atoms with E-state index in [1.54, 1.807) is 0 Å². The first-order valence-corrected chi connectivity index (χ1v) is 10.4. The van der Waals surface area contributed by atoms with E-state index in [0.29, 0.717) is 0 Å². The third-order valence-corrected chi connectivity index (χ3v) is 6.21. The summed E-state index contributed by atoms with van der Waals surface area (Å²) in [5, 5.41) is 5.83. The molecule has 1 atom stereocenters. The monoisotopic (exact) mass is 414 g/mol. The van der Waals surface area contributed by atoms with Crippen LogP contribution in [-0.4, -0.2) is 25.9 Å². The van der Waals surface area contributed by atoms with Crippen LogP contribution < -0.4 is 0 Å². The molecule has 1 unspecified atom stereocenters. The van der Waals surface area contributed by atoms with Gasteiger partial charge in [0.1, 0.15) is 10.8 Å². The molecule has 6 heteroatoms. The van der Waals surface area contributed by atoms with Crippen LogP contribution in [0.5, 0.6) is 0 Å². The van der Waals surface area contributed by atoms with Gasteiger partial charge in [-0.15, -0.1) is 0 Å². The second-order valence-corrected chi connectivity index (χ2v) is 8.36. The molecule has 0 N–H and O–H groups in total. The summed E-state index contributed by atoms with van der Waals surface area (Å²) in [5.41, 5.74) is 3.58. The lowest BCUT2D eigenvalue weighted by Crippen LogP contribution is -2.18. The summed E-state index contributed by atoms with van der Waals surface area (Å²) in [6.07, 6.45) is 15.9. The largest absolute Gasteiger partial charge is 0.357 e. The molecule has 5 nitrogen and oxygen atoms in total. The molecule has 1 aliphatic carbocycles. The second-order valence-electron chi connectivity index (χ2n) is 7.55. The van der Waals surface area contributed by atoms with E-state index in [9.17, 15) is 0 Å². The van der Waals surface area contributed by atoms with Gasteiger partial charge in [-0.3, -0.25) is 0 Å². The molecule has 136 valence electrons. The maximum atomic E-state index is 5.88. The minimum absolute atomic E-state index is 0.0780. The number of nitrogens with zero attached hydrogens (tertiary/aromatic N) is 4. The highest BCUT2D eigenvalue weighted by molar-refractivity contribution is 9.10. The fourth-order valence-corrected chi connectivity index (χ4v) is 4.40. The van der Waals surface area contributed by atoms with E-state index in [1.165, 1.54) is 42.1 Å². The number of ether oxygens (including phenoxy) is 1. The summed E-state index contributed by atoms with van der Waals surface area (Å²) >= 11 is 3.53. The van der Waals surface area contributed by atoms with Gasteiger partial charge in [0.05, 0.1) is 17.9 Å². The van der Waals surface area contributed by atoms with Gasteiger partial charge in [-0.25, -0.2) is 9.67 Å². The number of aromatic nitrogens is 4. The molecule has 3 aromatic rings. The van der Waals surface area contributed by atoms with Crippen molar-refractivity contribution in [2.24, 2.45) is 5.92 Å². The third-order valence-electron chi connectivity index (χ3n) is 5.78. The molecule has 0 radical (unpaired) electrons. The normalized spacial score (nSPS) is 21.2. The van der Waals surface area contributed by atoms with E-state index < -0.39 is 0 Å². The molecule has 1 saturated carbocycles. The summed E-state index contributed by atoms with van der Waals surface area (Å²) in [6, 6.07) is 2.12. The standard InChI is InChI=1S/C20H23BrN4O/c21-19-8-16-17(13-24(18(16)10-22-19)11-14-4-3-5-14)15-9-23-25(12-15)20-6-1-2-7-26-20/h8-10,12-14,20H,1-7,11H2. The SMILES string of the molecule is Brc1cc2c(-c3cnn(C4CCCCO4)c3)cn(CC3CCC3)c2cn1. The van der Waals surface area contributed by atoms with Crippen molar-refractivity contribution in [1.82, 2.24) is 19.3 Å². The van der Waals surface area contributed by atoms with Crippen molar-refractivity contribution in [3.8, 4) is 11.1 Å². The van der Waals surface area contributed by atoms with Crippen LogP contribution in [-0.2, 0) is 11.3 Å². The van der Waals surface area contributed by atoms with Crippen LogP contribution in [0, 0.1) is 5.92 Å². The summed E-state index contributed by atoms with van der Waals surface area (Å²) in [4.78, 5) is 4.46. The molecule has 26 heavy (non-hydrogen) atoms. The number of fused-ring (bicyclic) bond motifs is 1. The first kappa shape index (κ1) is 16.5. The van der Waals surface area contributed by atoms with Crippen molar-refractivity contribution in [3.05, 3.63) is 35.5 Å². The maximum absolute atomic E-state index is 5.88. The molecule has 2 fully saturated rings. The molecule has 0 bridgehead atoms. The topological polar surface area (TPSA) is 44.9 Å². The molecule has 4 heterocycles. The molecule has 0 aromatic carbocycles. The maximum Gasteiger partial charge on any atom is 0.150 e. The molecule has 0 amide bonds. The molecule has 5 rings (SSSR count). The van der Waals surface area contributed by atoms with Crippen molar-refractivity contribution < 1.29 is 4.74 Å².